The second-order valence-corrected chi connectivity index (χ2v) is 22.3. The summed E-state index contributed by atoms with van der Waals surface area (Å²) in [6.07, 6.45) is 5.10. The Balaban J connectivity index is 0.000000220. The van der Waals surface area contributed by atoms with Gasteiger partial charge < -0.3 is 38.5 Å². The molecule has 0 unspecified atom stereocenters. The number of piperidine rings is 2. The fraction of sp³-hybridized carbons (Fsp3) is 0.318. The van der Waals surface area contributed by atoms with Crippen molar-refractivity contribution >= 4 is 110 Å². The number of sulfonamides is 2. The number of carbonyl (C=O) groups excluding carboxylic acids is 4. The molecule has 28 heteroatoms. The van der Waals surface area contributed by atoms with Crippen molar-refractivity contribution in [3.63, 3.8) is 0 Å². The fourth-order valence-electron chi connectivity index (χ4n) is 8.04. The van der Waals surface area contributed by atoms with Gasteiger partial charge in [-0.3, -0.25) is 24.1 Å². The van der Waals surface area contributed by atoms with Gasteiger partial charge in [-0.1, -0.05) is 24.3 Å². The topological polar surface area (TPSA) is 324 Å². The van der Waals surface area contributed by atoms with Gasteiger partial charge in [-0.2, -0.15) is 9.97 Å². The van der Waals surface area contributed by atoms with E-state index in [-0.39, 0.29) is 95.2 Å². The minimum Gasteiger partial charge on any atom is -0.365 e. The molecule has 0 atom stereocenters. The highest BCUT2D eigenvalue weighted by atomic mass is 79.9. The second-order valence-electron chi connectivity index (χ2n) is 16.4. The van der Waals surface area contributed by atoms with Gasteiger partial charge in [0, 0.05) is 63.7 Å². The molecule has 72 heavy (non-hydrogen) atoms. The summed E-state index contributed by atoms with van der Waals surface area (Å²) in [6, 6.07) is 14.4. The Kier molecular flexibility index (Phi) is 17.1. The Bertz CT molecular complexity index is 3080. The zero-order chi connectivity index (χ0) is 51.9. The molecule has 0 aliphatic carbocycles. The summed E-state index contributed by atoms with van der Waals surface area (Å²) in [5.41, 5.74) is 16.3. The largest absolute Gasteiger partial charge is 0.365 e. The standard InChI is InChI=1S/C26H25BrFN7O5S.C18H23BrFN7O3S/c27-18-14-30-26(33-23(18)32-20-7-3-6-19(28)21(20)22(29)36)31-15-8-10-34(11-9-15)41(39,40)13-12-35-24(37)16-4-1-2-5-17(16)25(35)38;19-12-10-23-18(24-11-4-7-27(8-5-11)31(29,30)9-6-21)26-17(12)25-14-3-1-2-13(20)15(14)16(22)28/h1-7,14-15H,8-13H2,(H2,29,36)(H2,30,31,32,33);1-3,10-11H,4-9,21H2,(H2,22,28)(H2,23,24,25,26). The SMILES string of the molecule is NC(=O)c1c(F)cccc1Nc1nc(NC2CCN(S(=O)(=O)CCN3C(=O)c4ccccc4C3=O)CC2)ncc1Br.NCCS(=O)(=O)N1CCC(Nc2ncc(Br)c(Nc3cccc(F)c3C(N)=O)n2)CC1. The first-order chi connectivity index (χ1) is 34.3. The molecule has 0 spiro atoms. The van der Waals surface area contributed by atoms with Crippen molar-refractivity contribution in [3.05, 3.63) is 116 Å². The summed E-state index contributed by atoms with van der Waals surface area (Å²) < 4.78 is 82.2. The van der Waals surface area contributed by atoms with Crippen molar-refractivity contribution in [3.8, 4) is 0 Å². The van der Waals surface area contributed by atoms with E-state index >= 15 is 0 Å². The molecular formula is C44H48Br2F2N14O8S2. The molecule has 382 valence electrons. The number of fused-ring (bicyclic) bond motifs is 1. The van der Waals surface area contributed by atoms with Crippen LogP contribution in [0.15, 0.2) is 82.0 Å². The van der Waals surface area contributed by atoms with Gasteiger partial charge in [-0.05, 0) is 93.9 Å². The third-order valence-corrected chi connectivity index (χ3v) is 16.6. The van der Waals surface area contributed by atoms with E-state index in [0.717, 1.165) is 17.0 Å². The quantitative estimate of drug-likeness (QED) is 0.0644. The minimum absolute atomic E-state index is 0.0197. The molecule has 22 nitrogen and oxygen atoms in total. The number of hydrogen-bond donors (Lipinski definition) is 7. The lowest BCUT2D eigenvalue weighted by atomic mass is 10.1. The number of nitrogens with zero attached hydrogens (tertiary/aromatic N) is 7. The lowest BCUT2D eigenvalue weighted by Crippen LogP contribution is -2.45. The Hall–Kier alpha value is -6.30. The number of primary amides is 2. The van der Waals surface area contributed by atoms with Gasteiger partial charge in [-0.25, -0.2) is 44.2 Å². The summed E-state index contributed by atoms with van der Waals surface area (Å²) in [7, 11) is -7.05. The highest BCUT2D eigenvalue weighted by molar-refractivity contribution is 9.11. The van der Waals surface area contributed by atoms with Crippen molar-refractivity contribution in [1.82, 2.24) is 33.4 Å². The van der Waals surface area contributed by atoms with Crippen LogP contribution in [0.2, 0.25) is 0 Å². The number of aromatic nitrogens is 4. The number of nitrogens with one attached hydrogen (secondary N) is 4. The lowest BCUT2D eigenvalue weighted by molar-refractivity contribution is 0.0662. The van der Waals surface area contributed by atoms with Crippen molar-refractivity contribution in [2.75, 3.05) is 72.0 Å². The van der Waals surface area contributed by atoms with E-state index in [1.165, 1.54) is 45.3 Å². The van der Waals surface area contributed by atoms with Gasteiger partial charge in [0.15, 0.2) is 0 Å². The molecule has 3 aliphatic rings. The summed E-state index contributed by atoms with van der Waals surface area (Å²) in [4.78, 5) is 66.7. The molecule has 2 saturated heterocycles. The van der Waals surface area contributed by atoms with E-state index < -0.39 is 55.3 Å². The van der Waals surface area contributed by atoms with Crippen molar-refractivity contribution in [1.29, 1.82) is 0 Å². The first-order valence-corrected chi connectivity index (χ1v) is 27.0. The molecule has 0 saturated carbocycles. The van der Waals surface area contributed by atoms with Crippen LogP contribution in [0, 0.1) is 11.6 Å². The summed E-state index contributed by atoms with van der Waals surface area (Å²) in [5, 5.41) is 12.2. The average molecular weight is 1160 g/mol. The van der Waals surface area contributed by atoms with Crippen LogP contribution in [0.5, 0.6) is 0 Å². The number of benzene rings is 3. The monoisotopic (exact) mass is 1160 g/mol. The molecular weight excluding hydrogens is 1110 g/mol. The first-order valence-electron chi connectivity index (χ1n) is 22.2. The lowest BCUT2D eigenvalue weighted by Gasteiger charge is -2.32. The summed E-state index contributed by atoms with van der Waals surface area (Å²) in [5.74, 6) is -3.61. The molecule has 8 rings (SSSR count). The van der Waals surface area contributed by atoms with E-state index in [4.69, 9.17) is 17.2 Å². The summed E-state index contributed by atoms with van der Waals surface area (Å²) in [6.45, 7) is 1.09. The first kappa shape index (κ1) is 53.5. The predicted octanol–water partition coefficient (Wildman–Crippen LogP) is 4.11. The number of halogens is 4. The molecule has 2 fully saturated rings. The maximum atomic E-state index is 14.1. The van der Waals surface area contributed by atoms with Crippen LogP contribution >= 0.6 is 31.9 Å². The number of amides is 4. The molecule has 10 N–H and O–H groups in total. The van der Waals surface area contributed by atoms with Gasteiger partial charge in [0.25, 0.3) is 23.6 Å². The second kappa shape index (κ2) is 23.1. The Labute approximate surface area is 429 Å². The molecule has 3 aromatic carbocycles. The number of imide groups is 1. The van der Waals surface area contributed by atoms with E-state index in [1.54, 1.807) is 24.3 Å². The van der Waals surface area contributed by atoms with E-state index in [9.17, 15) is 44.8 Å². The Morgan fingerprint density at radius 3 is 1.43 bits per heavy atom. The molecule has 3 aliphatic heterocycles. The van der Waals surface area contributed by atoms with Crippen molar-refractivity contribution < 1.29 is 44.8 Å². The van der Waals surface area contributed by atoms with E-state index in [0.29, 0.717) is 59.5 Å². The zero-order valence-electron chi connectivity index (χ0n) is 38.0. The molecule has 2 aromatic heterocycles. The average Bonchev–Trinajstić information content (AvgIpc) is 3.58. The smallest absolute Gasteiger partial charge is 0.261 e. The van der Waals surface area contributed by atoms with Gasteiger partial charge in [0.1, 0.15) is 23.3 Å². The minimum atomic E-state index is -3.72. The van der Waals surface area contributed by atoms with Crippen LogP contribution in [-0.2, 0) is 20.0 Å². The number of rotatable bonds is 17. The van der Waals surface area contributed by atoms with E-state index in [2.05, 4.69) is 73.1 Å². The van der Waals surface area contributed by atoms with Crippen molar-refractivity contribution in [2.45, 2.75) is 37.8 Å². The van der Waals surface area contributed by atoms with Gasteiger partial charge in [-0.15, -0.1) is 0 Å². The van der Waals surface area contributed by atoms with Crippen LogP contribution in [0.25, 0.3) is 0 Å². The van der Waals surface area contributed by atoms with Gasteiger partial charge >= 0.3 is 0 Å². The van der Waals surface area contributed by atoms with Crippen molar-refractivity contribution in [2.24, 2.45) is 17.2 Å². The molecule has 5 aromatic rings. The molecule has 4 amide bonds. The third kappa shape index (κ3) is 12.6. The summed E-state index contributed by atoms with van der Waals surface area (Å²) >= 11 is 6.66. The van der Waals surface area contributed by atoms with Crippen LogP contribution in [-0.4, -0.2) is 137 Å². The molecule has 0 radical (unpaired) electrons. The third-order valence-electron chi connectivity index (χ3n) is 11.7. The van der Waals surface area contributed by atoms with Crippen LogP contribution in [0.1, 0.15) is 67.1 Å². The van der Waals surface area contributed by atoms with Crippen LogP contribution in [0.3, 0.4) is 0 Å². The predicted molar refractivity (Wildman–Crippen MR) is 271 cm³/mol. The van der Waals surface area contributed by atoms with Crippen LogP contribution < -0.4 is 38.5 Å². The number of hydrogen-bond acceptors (Lipinski definition) is 17. The Morgan fingerprint density at radius 1 is 0.639 bits per heavy atom. The van der Waals surface area contributed by atoms with Crippen LogP contribution in [0.4, 0.5) is 43.7 Å². The highest BCUT2D eigenvalue weighted by Gasteiger charge is 2.37. The number of carbonyl (C=O) groups is 4. The zero-order valence-corrected chi connectivity index (χ0v) is 42.8. The number of nitrogens with two attached hydrogens (primary N) is 3. The number of anilines is 6. The highest BCUT2D eigenvalue weighted by Crippen LogP contribution is 2.31. The molecule has 0 bridgehead atoms. The van der Waals surface area contributed by atoms with Gasteiger partial charge in [0.05, 0.1) is 54.1 Å². The van der Waals surface area contributed by atoms with Gasteiger partial charge in [0.2, 0.25) is 31.9 Å². The Morgan fingerprint density at radius 2 is 1.04 bits per heavy atom. The maximum absolute atomic E-state index is 14.1. The maximum Gasteiger partial charge on any atom is 0.261 e. The normalized spacial score (nSPS) is 15.9. The van der Waals surface area contributed by atoms with E-state index in [1.807, 2.05) is 0 Å². The molecule has 5 heterocycles. The fourth-order valence-corrected chi connectivity index (χ4v) is 11.4.